The number of fused-ring (bicyclic) bond motifs is 6. The molecule has 1 amide bonds. The van der Waals surface area contributed by atoms with Crippen molar-refractivity contribution in [2.45, 2.75) is 175 Å². The van der Waals surface area contributed by atoms with Crippen LogP contribution in [0.1, 0.15) is 114 Å². The molecule has 6 aromatic heterocycles. The Hall–Kier alpha value is -5.08. The number of H-pyrrole nitrogens is 2. The number of ether oxygens (including phenoxy) is 3. The molecule has 6 atom stereocenters. The lowest BCUT2D eigenvalue weighted by molar-refractivity contribution is -0.122. The first kappa shape index (κ1) is 60.1. The Morgan fingerprint density at radius 3 is 1.76 bits per heavy atom. The van der Waals surface area contributed by atoms with Gasteiger partial charge in [0, 0.05) is 66.4 Å². The SMILES string of the molecule is CC1CCc2[nH]c3cc(Sc4cnc(N5CCC6(CC5)CO[C@@H](C)[C@H]6NC(=O)OC(C)(C)C)c(CO)n4)c(Cl)nc3c2C1.C[C@@H]1OCC2(CCN(c3ncc(Sc4cc5[nH]c6c(c5nc4Cl)CC(O)CC6)nc3CO)CC2)[C@@H]1N.O=CO. The van der Waals surface area contributed by atoms with E-state index in [9.17, 15) is 20.1 Å². The fourth-order valence-electron chi connectivity index (χ4n) is 12.7. The number of amides is 1. The largest absolute Gasteiger partial charge is 0.483 e. The number of rotatable bonds is 9. The molecule has 21 nitrogen and oxygen atoms in total. The number of aliphatic hydroxyl groups is 3. The maximum absolute atomic E-state index is 12.6. The number of piperidine rings is 2. The van der Waals surface area contributed by atoms with Crippen molar-refractivity contribution < 1.29 is 44.2 Å². The molecule has 2 spiro atoms. The highest BCUT2D eigenvalue weighted by atomic mass is 35.5. The number of aliphatic hydroxyl groups excluding tert-OH is 3. The third-order valence-corrected chi connectivity index (χ3v) is 19.8. The van der Waals surface area contributed by atoms with Gasteiger partial charge in [0.1, 0.15) is 37.3 Å². The number of nitrogens with two attached hydrogens (primary N) is 1. The van der Waals surface area contributed by atoms with E-state index in [1.807, 2.05) is 46.8 Å². The average molecular weight is 1210 g/mol. The molecule has 0 bridgehead atoms. The highest BCUT2D eigenvalue weighted by molar-refractivity contribution is 7.99. The topological polar surface area (TPSA) is 296 Å². The molecule has 0 saturated carbocycles. The zero-order chi connectivity index (χ0) is 58.3. The zero-order valence-corrected chi connectivity index (χ0v) is 50.3. The second-order valence-corrected chi connectivity index (χ2v) is 26.6. The van der Waals surface area contributed by atoms with Crippen LogP contribution in [0, 0.1) is 16.7 Å². The molecular weight excluding hydrogens is 1130 g/mol. The molecule has 4 fully saturated rings. The highest BCUT2D eigenvalue weighted by Crippen LogP contribution is 2.46. The molecule has 6 aliphatic rings. The summed E-state index contributed by atoms with van der Waals surface area (Å²) in [5, 5.41) is 42.5. The molecular formula is C57H74Cl2N12O9S2. The number of carboxylic acid groups (broad SMARTS) is 1. The van der Waals surface area contributed by atoms with Crippen LogP contribution in [0.15, 0.2) is 44.4 Å². The Labute approximate surface area is 495 Å². The van der Waals surface area contributed by atoms with Gasteiger partial charge in [0.15, 0.2) is 11.6 Å². The summed E-state index contributed by atoms with van der Waals surface area (Å²) in [5.41, 5.74) is 15.2. The number of halogens is 2. The minimum absolute atomic E-state index is 0.0238. The summed E-state index contributed by atoms with van der Waals surface area (Å²) in [7, 11) is 0. The lowest BCUT2D eigenvalue weighted by Crippen LogP contribution is -2.55. The molecule has 6 aromatic rings. The number of aryl methyl sites for hydroxylation is 2. The van der Waals surface area contributed by atoms with Crippen LogP contribution in [0.4, 0.5) is 16.4 Å². The predicted octanol–water partition coefficient (Wildman–Crippen LogP) is 8.21. The van der Waals surface area contributed by atoms with Crippen molar-refractivity contribution in [1.29, 1.82) is 0 Å². The van der Waals surface area contributed by atoms with Crippen molar-refractivity contribution in [3.63, 3.8) is 0 Å². The summed E-state index contributed by atoms with van der Waals surface area (Å²) in [6.45, 7) is 15.5. The number of anilines is 2. The lowest BCUT2D eigenvalue weighted by Gasteiger charge is -2.43. The first-order valence-corrected chi connectivity index (χ1v) is 30.5. The highest BCUT2D eigenvalue weighted by Gasteiger charge is 2.51. The van der Waals surface area contributed by atoms with Crippen LogP contribution in [0.5, 0.6) is 0 Å². The van der Waals surface area contributed by atoms with Gasteiger partial charge in [0.05, 0.1) is 95.0 Å². The molecule has 4 aliphatic heterocycles. The van der Waals surface area contributed by atoms with Gasteiger partial charge in [-0.15, -0.1) is 0 Å². The number of pyridine rings is 2. The standard InChI is InChI=1S/C31H41ClN6O4S.C25H31ClN6O3S.CH2O2/c1-17-6-7-20-19(12-17)25-21(34-20)13-23(27(32)36-25)43-24-14-33-28(22(15-39)35-24)38-10-8-31(9-11-38)16-41-18(2)26(31)37-29(40)42-30(3,4)5;1-13-22(27)25(12-35-13)4-6-32(7-5-25)24-18(11-33)30-20(10-28-24)36-19-9-17-21(31-23(19)26)15-8-14(34)2-3-16(15)29-17;2-1-3/h13-14,17-18,26,34,39H,6-12,15-16H2,1-5H3,(H,37,40);9-10,13-14,22,29,33-34H,2-8,11-12,27H2,1H3;1H,(H,2,3)/t17?,18-,26+;13-,14?,22+;/m00./s1. The number of alkyl carbamates (subject to hydrolysis) is 1. The molecule has 25 heteroatoms. The second-order valence-electron chi connectivity index (χ2n) is 23.7. The molecule has 442 valence electrons. The van der Waals surface area contributed by atoms with Crippen LogP contribution < -0.4 is 20.9 Å². The number of nitrogens with one attached hydrogen (secondary N) is 3. The summed E-state index contributed by atoms with van der Waals surface area (Å²) < 4.78 is 17.4. The monoisotopic (exact) mass is 1200 g/mol. The minimum atomic E-state index is -0.568. The van der Waals surface area contributed by atoms with Crippen LogP contribution in [-0.4, -0.2) is 148 Å². The van der Waals surface area contributed by atoms with E-state index in [-0.39, 0.29) is 60.9 Å². The molecule has 2 aliphatic carbocycles. The van der Waals surface area contributed by atoms with Gasteiger partial charge in [-0.25, -0.2) is 34.7 Å². The Bertz CT molecular complexity index is 3290. The van der Waals surface area contributed by atoms with E-state index < -0.39 is 11.7 Å². The fourth-order valence-corrected chi connectivity index (χ4v) is 14.8. The smallest absolute Gasteiger partial charge is 0.407 e. The molecule has 10 heterocycles. The average Bonchev–Trinajstić information content (AvgIpc) is 3.98. The Morgan fingerprint density at radius 2 is 1.27 bits per heavy atom. The third kappa shape index (κ3) is 12.6. The number of hydrogen-bond acceptors (Lipinski definition) is 19. The van der Waals surface area contributed by atoms with Crippen LogP contribution >= 0.6 is 46.7 Å². The van der Waals surface area contributed by atoms with Gasteiger partial charge < -0.3 is 65.5 Å². The number of aromatic nitrogens is 8. The van der Waals surface area contributed by atoms with Crippen LogP contribution in [0.2, 0.25) is 10.3 Å². The van der Waals surface area contributed by atoms with E-state index in [1.165, 1.54) is 41.2 Å². The molecule has 9 N–H and O–H groups in total. The van der Waals surface area contributed by atoms with Gasteiger partial charge in [-0.1, -0.05) is 53.6 Å². The van der Waals surface area contributed by atoms with Crippen molar-refractivity contribution in [2.24, 2.45) is 22.5 Å². The minimum Gasteiger partial charge on any atom is -0.483 e. The molecule has 82 heavy (non-hydrogen) atoms. The third-order valence-electron chi connectivity index (χ3n) is 17.1. The van der Waals surface area contributed by atoms with E-state index in [0.29, 0.717) is 82.0 Å². The molecule has 0 radical (unpaired) electrons. The Morgan fingerprint density at radius 1 is 0.793 bits per heavy atom. The van der Waals surface area contributed by atoms with E-state index in [0.717, 1.165) is 108 Å². The van der Waals surface area contributed by atoms with Crippen molar-refractivity contribution in [1.82, 2.24) is 45.2 Å². The van der Waals surface area contributed by atoms with Crippen molar-refractivity contribution in [2.75, 3.05) is 49.2 Å². The van der Waals surface area contributed by atoms with E-state index >= 15 is 0 Å². The molecule has 0 aromatic carbocycles. The number of carbonyl (C=O) groups is 2. The van der Waals surface area contributed by atoms with Crippen molar-refractivity contribution in [3.8, 4) is 0 Å². The normalized spacial score (nSPS) is 23.7. The number of aromatic amines is 2. The second kappa shape index (κ2) is 24.9. The number of hydrogen-bond donors (Lipinski definition) is 8. The predicted molar refractivity (Wildman–Crippen MR) is 314 cm³/mol. The summed E-state index contributed by atoms with van der Waals surface area (Å²) in [4.78, 5) is 62.2. The Kier molecular flexibility index (Phi) is 18.2. The molecule has 2 unspecified atom stereocenters. The maximum atomic E-state index is 12.6. The zero-order valence-electron chi connectivity index (χ0n) is 47.1. The summed E-state index contributed by atoms with van der Waals surface area (Å²) in [6.07, 6.45) is 11.5. The van der Waals surface area contributed by atoms with Crippen LogP contribution in [0.3, 0.4) is 0 Å². The summed E-state index contributed by atoms with van der Waals surface area (Å²) >= 11 is 16.0. The Balaban J connectivity index is 0.000000178. The van der Waals surface area contributed by atoms with E-state index in [4.69, 9.17) is 78.0 Å². The van der Waals surface area contributed by atoms with E-state index in [2.05, 4.69) is 37.0 Å². The van der Waals surface area contributed by atoms with Gasteiger partial charge in [-0.2, -0.15) is 0 Å². The molecule has 12 rings (SSSR count). The van der Waals surface area contributed by atoms with Gasteiger partial charge in [0.2, 0.25) is 0 Å². The first-order chi connectivity index (χ1) is 39.2. The van der Waals surface area contributed by atoms with Gasteiger partial charge in [0.25, 0.3) is 6.47 Å². The van der Waals surface area contributed by atoms with Gasteiger partial charge >= 0.3 is 6.09 Å². The van der Waals surface area contributed by atoms with E-state index in [1.54, 1.807) is 12.4 Å². The van der Waals surface area contributed by atoms with Crippen LogP contribution in [0.25, 0.3) is 22.1 Å². The quantitative estimate of drug-likeness (QED) is 0.0500. The summed E-state index contributed by atoms with van der Waals surface area (Å²) in [6, 6.07) is 3.93. The summed E-state index contributed by atoms with van der Waals surface area (Å²) in [5.74, 6) is 2.03. The number of carbonyl (C=O) groups excluding carboxylic acids is 1. The lowest BCUT2D eigenvalue weighted by atomic mass is 9.73. The number of nitrogens with zero attached hydrogens (tertiary/aromatic N) is 8. The van der Waals surface area contributed by atoms with Crippen molar-refractivity contribution in [3.05, 3.63) is 68.7 Å². The maximum Gasteiger partial charge on any atom is 0.407 e. The fraction of sp³-hybridized carbons (Fsp3) is 0.579. The first-order valence-electron chi connectivity index (χ1n) is 28.2. The molecule has 4 saturated heterocycles. The van der Waals surface area contributed by atoms with Crippen molar-refractivity contribution >= 4 is 93.0 Å². The van der Waals surface area contributed by atoms with Gasteiger partial charge in [-0.3, -0.25) is 4.79 Å². The van der Waals surface area contributed by atoms with Crippen LogP contribution in [-0.2, 0) is 57.9 Å². The van der Waals surface area contributed by atoms with Gasteiger partial charge in [-0.05, 0) is 116 Å².